The maximum Gasteiger partial charge on any atom is 0.257 e. The molecule has 0 saturated carbocycles. The van der Waals surface area contributed by atoms with E-state index in [0.29, 0.717) is 24.2 Å². The number of rotatable bonds is 0. The van der Waals surface area contributed by atoms with Crippen molar-refractivity contribution in [1.82, 2.24) is 10.2 Å². The summed E-state index contributed by atoms with van der Waals surface area (Å²) in [6.45, 7) is 2.88. The van der Waals surface area contributed by atoms with Gasteiger partial charge in [-0.25, -0.2) is 0 Å². The number of anilines is 1. The van der Waals surface area contributed by atoms with E-state index in [1.807, 2.05) is 0 Å². The van der Waals surface area contributed by atoms with Gasteiger partial charge >= 0.3 is 0 Å². The summed E-state index contributed by atoms with van der Waals surface area (Å²) < 4.78 is 10.9. The van der Waals surface area contributed by atoms with E-state index in [-0.39, 0.29) is 6.04 Å². The molecule has 0 radical (unpaired) electrons. The van der Waals surface area contributed by atoms with Gasteiger partial charge in [0.05, 0.1) is 19.3 Å². The molecule has 0 spiro atoms. The zero-order chi connectivity index (χ0) is 10.3. The van der Waals surface area contributed by atoms with Gasteiger partial charge in [0, 0.05) is 12.6 Å². The van der Waals surface area contributed by atoms with Crippen LogP contribution in [-0.2, 0) is 4.74 Å². The zero-order valence-corrected chi connectivity index (χ0v) is 8.78. The van der Waals surface area contributed by atoms with E-state index >= 15 is 0 Å². The van der Waals surface area contributed by atoms with Crippen molar-refractivity contribution < 1.29 is 9.47 Å². The number of hydrogen-bond donors (Lipinski definition) is 0. The molecular weight excluding hydrogens is 218 g/mol. The fourth-order valence-corrected chi connectivity index (χ4v) is 2.08. The molecule has 2 aliphatic heterocycles. The van der Waals surface area contributed by atoms with Gasteiger partial charge in [0.1, 0.15) is 12.3 Å². The fraction of sp³-hybridized carbons (Fsp3) is 0.556. The minimum Gasteiger partial charge on any atom is -0.473 e. The molecule has 80 valence electrons. The van der Waals surface area contributed by atoms with E-state index in [4.69, 9.17) is 21.1 Å². The highest BCUT2D eigenvalue weighted by Crippen LogP contribution is 2.33. The lowest BCUT2D eigenvalue weighted by atomic mass is 10.2. The predicted molar refractivity (Wildman–Crippen MR) is 54.5 cm³/mol. The van der Waals surface area contributed by atoms with Gasteiger partial charge in [-0.05, 0) is 0 Å². The van der Waals surface area contributed by atoms with Crippen molar-refractivity contribution in [3.8, 4) is 5.88 Å². The molecule has 1 aromatic heterocycles. The van der Waals surface area contributed by atoms with Crippen molar-refractivity contribution in [2.45, 2.75) is 6.04 Å². The highest BCUT2D eigenvalue weighted by Gasteiger charge is 2.31. The van der Waals surface area contributed by atoms with Crippen molar-refractivity contribution in [3.63, 3.8) is 0 Å². The van der Waals surface area contributed by atoms with E-state index in [2.05, 4.69) is 15.1 Å². The van der Waals surface area contributed by atoms with Crippen LogP contribution in [0.4, 0.5) is 5.69 Å². The van der Waals surface area contributed by atoms with Gasteiger partial charge in [-0.15, -0.1) is 10.2 Å². The quantitative estimate of drug-likeness (QED) is 0.654. The number of nitrogens with zero attached hydrogens (tertiary/aromatic N) is 3. The van der Waals surface area contributed by atoms with E-state index < -0.39 is 0 Å². The topological polar surface area (TPSA) is 47.5 Å². The third kappa shape index (κ3) is 1.52. The Morgan fingerprint density at radius 2 is 2.33 bits per heavy atom. The van der Waals surface area contributed by atoms with Crippen LogP contribution in [-0.4, -0.2) is 42.6 Å². The Kier molecular flexibility index (Phi) is 2.14. The number of hydrogen-bond acceptors (Lipinski definition) is 5. The van der Waals surface area contributed by atoms with Crippen LogP contribution >= 0.6 is 11.6 Å². The summed E-state index contributed by atoms with van der Waals surface area (Å²) in [6, 6.07) is 2.06. The fourth-order valence-electron chi connectivity index (χ4n) is 1.94. The third-order valence-electron chi connectivity index (χ3n) is 2.66. The summed E-state index contributed by atoms with van der Waals surface area (Å²) in [5, 5.41) is 8.08. The van der Waals surface area contributed by atoms with Crippen molar-refractivity contribution in [3.05, 3.63) is 11.2 Å². The summed E-state index contributed by atoms with van der Waals surface area (Å²) in [5.74, 6) is 0.567. The van der Waals surface area contributed by atoms with Gasteiger partial charge < -0.3 is 14.4 Å². The first kappa shape index (κ1) is 9.18. The van der Waals surface area contributed by atoms with Gasteiger partial charge in [-0.1, -0.05) is 11.6 Å². The molecule has 0 bridgehead atoms. The minimum absolute atomic E-state index is 0.270. The molecule has 1 saturated heterocycles. The highest BCUT2D eigenvalue weighted by molar-refractivity contribution is 6.29. The van der Waals surface area contributed by atoms with Crippen molar-refractivity contribution in [2.75, 3.05) is 31.3 Å². The Morgan fingerprint density at radius 3 is 3.27 bits per heavy atom. The number of fused-ring (bicyclic) bond motifs is 3. The van der Waals surface area contributed by atoms with Crippen LogP contribution in [0.1, 0.15) is 0 Å². The first-order valence-corrected chi connectivity index (χ1v) is 5.23. The predicted octanol–water partition coefficient (Wildman–Crippen LogP) is 0.728. The molecule has 1 unspecified atom stereocenters. The Hall–Kier alpha value is -1.07. The van der Waals surface area contributed by atoms with E-state index in [1.165, 1.54) is 0 Å². The Bertz CT molecular complexity index is 388. The Labute approximate surface area is 91.9 Å². The maximum absolute atomic E-state index is 5.82. The monoisotopic (exact) mass is 227 g/mol. The molecule has 1 fully saturated rings. The summed E-state index contributed by atoms with van der Waals surface area (Å²) >= 11 is 5.82. The van der Waals surface area contributed by atoms with E-state index in [0.717, 1.165) is 18.8 Å². The average Bonchev–Trinajstić information content (AvgIpc) is 2.29. The van der Waals surface area contributed by atoms with Crippen LogP contribution in [0.15, 0.2) is 6.07 Å². The van der Waals surface area contributed by atoms with Crippen molar-refractivity contribution in [2.24, 2.45) is 0 Å². The Morgan fingerprint density at radius 1 is 1.40 bits per heavy atom. The lowest BCUT2D eigenvalue weighted by Crippen LogP contribution is -2.51. The molecule has 0 amide bonds. The van der Waals surface area contributed by atoms with Gasteiger partial charge in [-0.3, -0.25) is 0 Å². The van der Waals surface area contributed by atoms with Crippen LogP contribution in [0.25, 0.3) is 0 Å². The smallest absolute Gasteiger partial charge is 0.257 e. The van der Waals surface area contributed by atoms with Crippen molar-refractivity contribution in [1.29, 1.82) is 0 Å². The summed E-state index contributed by atoms with van der Waals surface area (Å²) in [7, 11) is 0. The van der Waals surface area contributed by atoms with Crippen LogP contribution in [0.5, 0.6) is 5.88 Å². The molecule has 2 aliphatic rings. The molecule has 3 heterocycles. The molecular formula is C9H10ClN3O2. The third-order valence-corrected chi connectivity index (χ3v) is 2.85. The molecule has 0 aliphatic carbocycles. The SMILES string of the molecule is Clc1cc2c(nn1)OCC1COCCN21. The molecule has 6 heteroatoms. The molecule has 3 rings (SSSR count). The lowest BCUT2D eigenvalue weighted by molar-refractivity contribution is 0.0689. The average molecular weight is 228 g/mol. The number of ether oxygens (including phenoxy) is 2. The number of halogens is 1. The number of aromatic nitrogens is 2. The first-order valence-electron chi connectivity index (χ1n) is 4.85. The summed E-state index contributed by atoms with van der Waals surface area (Å²) in [5.41, 5.74) is 0.926. The second-order valence-electron chi connectivity index (χ2n) is 3.59. The van der Waals surface area contributed by atoms with Gasteiger partial charge in [0.25, 0.3) is 5.88 Å². The van der Waals surface area contributed by atoms with Crippen LogP contribution in [0.2, 0.25) is 5.15 Å². The summed E-state index contributed by atoms with van der Waals surface area (Å²) in [4.78, 5) is 2.23. The van der Waals surface area contributed by atoms with E-state index in [9.17, 15) is 0 Å². The van der Waals surface area contributed by atoms with Gasteiger partial charge in [0.15, 0.2) is 5.15 Å². The van der Waals surface area contributed by atoms with Crippen LogP contribution in [0, 0.1) is 0 Å². The normalized spacial score (nSPS) is 24.1. The van der Waals surface area contributed by atoms with Crippen molar-refractivity contribution >= 4 is 17.3 Å². The molecule has 15 heavy (non-hydrogen) atoms. The minimum atomic E-state index is 0.270. The standard InChI is InChI=1S/C9H10ClN3O2/c10-8-3-7-9(12-11-8)15-5-6-4-14-2-1-13(6)7/h3,6H,1-2,4-5H2. The van der Waals surface area contributed by atoms with E-state index in [1.54, 1.807) is 6.07 Å². The second-order valence-corrected chi connectivity index (χ2v) is 3.98. The van der Waals surface area contributed by atoms with Gasteiger partial charge in [0.2, 0.25) is 0 Å². The Balaban J connectivity index is 2.01. The lowest BCUT2D eigenvalue weighted by Gasteiger charge is -2.40. The van der Waals surface area contributed by atoms with Gasteiger partial charge in [-0.2, -0.15) is 0 Å². The number of morpholine rings is 1. The zero-order valence-electron chi connectivity index (χ0n) is 8.02. The molecule has 5 nitrogen and oxygen atoms in total. The summed E-state index contributed by atoms with van der Waals surface area (Å²) in [6.07, 6.45) is 0. The first-order chi connectivity index (χ1) is 7.34. The molecule has 1 atom stereocenters. The highest BCUT2D eigenvalue weighted by atomic mass is 35.5. The van der Waals surface area contributed by atoms with Crippen LogP contribution < -0.4 is 9.64 Å². The molecule has 1 aromatic rings. The molecule has 0 aromatic carbocycles. The maximum atomic E-state index is 5.82. The van der Waals surface area contributed by atoms with Crippen LogP contribution in [0.3, 0.4) is 0 Å². The largest absolute Gasteiger partial charge is 0.473 e. The molecule has 0 N–H and O–H groups in total. The second kappa shape index (κ2) is 3.50.